The Balaban J connectivity index is 1.35. The van der Waals surface area contributed by atoms with Gasteiger partial charge >= 0.3 is 0 Å². The van der Waals surface area contributed by atoms with E-state index >= 15 is 0 Å². The highest BCUT2D eigenvalue weighted by Gasteiger charge is 2.28. The van der Waals surface area contributed by atoms with E-state index in [4.69, 9.17) is 0 Å². The molecular weight excluding hydrogens is 498 g/mol. The fourth-order valence-corrected chi connectivity index (χ4v) is 6.01. The fourth-order valence-electron chi connectivity index (χ4n) is 4.71. The normalized spacial score (nSPS) is 16.4. The SMILES string of the molecule is C[C@@H](C(=O)NCCC1=CCCCC1)N(Cc1ccccc1)C(=O)CCc1ccc(S(=O)(=O)NC2CC2)cc1. The van der Waals surface area contributed by atoms with Crippen LogP contribution in [0.3, 0.4) is 0 Å². The van der Waals surface area contributed by atoms with Gasteiger partial charge in [-0.15, -0.1) is 0 Å². The average Bonchev–Trinajstić information content (AvgIpc) is 3.74. The number of nitrogens with zero attached hydrogens (tertiary/aromatic N) is 1. The van der Waals surface area contributed by atoms with E-state index in [1.54, 1.807) is 36.1 Å². The molecule has 7 nitrogen and oxygen atoms in total. The summed E-state index contributed by atoms with van der Waals surface area (Å²) in [4.78, 5) is 28.3. The summed E-state index contributed by atoms with van der Waals surface area (Å²) in [5, 5.41) is 3.03. The number of hydrogen-bond acceptors (Lipinski definition) is 4. The lowest BCUT2D eigenvalue weighted by atomic mass is 9.97. The van der Waals surface area contributed by atoms with Gasteiger partial charge in [-0.25, -0.2) is 13.1 Å². The second kappa shape index (κ2) is 13.2. The molecule has 0 spiro atoms. The number of hydrogen-bond donors (Lipinski definition) is 2. The van der Waals surface area contributed by atoms with E-state index < -0.39 is 16.1 Å². The predicted octanol–water partition coefficient (Wildman–Crippen LogP) is 4.48. The second-order valence-electron chi connectivity index (χ2n) is 10.4. The van der Waals surface area contributed by atoms with E-state index in [9.17, 15) is 18.0 Å². The second-order valence-corrected chi connectivity index (χ2v) is 12.1. The Kier molecular flexibility index (Phi) is 9.74. The Morgan fingerprint density at radius 2 is 1.71 bits per heavy atom. The van der Waals surface area contributed by atoms with Gasteiger partial charge in [0.25, 0.3) is 0 Å². The molecule has 2 N–H and O–H groups in total. The van der Waals surface area contributed by atoms with E-state index in [1.807, 2.05) is 30.3 Å². The molecule has 0 aliphatic heterocycles. The van der Waals surface area contributed by atoms with Gasteiger partial charge in [-0.1, -0.05) is 54.1 Å². The van der Waals surface area contributed by atoms with Gasteiger partial charge in [-0.2, -0.15) is 0 Å². The molecule has 0 saturated heterocycles. The Morgan fingerprint density at radius 3 is 2.37 bits per heavy atom. The molecule has 2 aliphatic rings. The first-order valence-electron chi connectivity index (χ1n) is 13.7. The van der Waals surface area contributed by atoms with E-state index in [0.717, 1.165) is 43.2 Å². The first kappa shape index (κ1) is 28.0. The molecule has 0 heterocycles. The maximum atomic E-state index is 13.4. The summed E-state index contributed by atoms with van der Waals surface area (Å²) >= 11 is 0. The third-order valence-electron chi connectivity index (χ3n) is 7.25. The van der Waals surface area contributed by atoms with Crippen LogP contribution in [-0.4, -0.2) is 43.8 Å². The summed E-state index contributed by atoms with van der Waals surface area (Å²) in [5.74, 6) is -0.262. The molecule has 1 saturated carbocycles. The zero-order valence-corrected chi connectivity index (χ0v) is 23.0. The number of sulfonamides is 1. The summed E-state index contributed by atoms with van der Waals surface area (Å²) in [6, 6.07) is 15.8. The third-order valence-corrected chi connectivity index (χ3v) is 8.79. The Hall–Kier alpha value is -2.97. The van der Waals surface area contributed by atoms with Crippen LogP contribution in [0.1, 0.15) is 69.4 Å². The van der Waals surface area contributed by atoms with Crippen molar-refractivity contribution in [2.45, 2.75) is 88.2 Å². The summed E-state index contributed by atoms with van der Waals surface area (Å²) in [7, 11) is -3.50. The molecule has 0 bridgehead atoms. The molecule has 2 aromatic rings. The zero-order chi connectivity index (χ0) is 27.0. The Labute approximate surface area is 226 Å². The molecule has 2 amide bonds. The first-order chi connectivity index (χ1) is 18.3. The maximum Gasteiger partial charge on any atom is 0.242 e. The van der Waals surface area contributed by atoms with Gasteiger partial charge in [0, 0.05) is 25.6 Å². The highest BCUT2D eigenvalue weighted by molar-refractivity contribution is 7.89. The number of carbonyl (C=O) groups excluding carboxylic acids is 2. The number of allylic oxidation sites excluding steroid dienone is 1. The summed E-state index contributed by atoms with van der Waals surface area (Å²) in [6.45, 7) is 2.71. The standard InChI is InChI=1S/C30H39N3O4S/c1-23(30(35)31-21-20-24-8-4-2-5-9-24)33(22-26-10-6-3-7-11-26)29(34)19-14-25-12-17-28(18-13-25)38(36,37)32-27-15-16-27/h3,6-8,10-13,17-18,23,27,32H,2,4-5,9,14-16,19-22H2,1H3,(H,31,35)/t23-/m0/s1. The van der Waals surface area contributed by atoms with Gasteiger partial charge in [0.1, 0.15) is 6.04 Å². The maximum absolute atomic E-state index is 13.4. The van der Waals surface area contributed by atoms with Crippen molar-refractivity contribution in [3.63, 3.8) is 0 Å². The van der Waals surface area contributed by atoms with Gasteiger partial charge < -0.3 is 10.2 Å². The quantitative estimate of drug-likeness (QED) is 0.368. The zero-order valence-electron chi connectivity index (χ0n) is 22.2. The van der Waals surface area contributed by atoms with E-state index in [0.29, 0.717) is 19.5 Å². The van der Waals surface area contributed by atoms with Gasteiger partial charge in [-0.3, -0.25) is 9.59 Å². The lowest BCUT2D eigenvalue weighted by Crippen LogP contribution is -2.47. The molecule has 1 atom stereocenters. The van der Waals surface area contributed by atoms with Crippen LogP contribution >= 0.6 is 0 Å². The van der Waals surface area contributed by atoms with Gasteiger partial charge in [0.2, 0.25) is 21.8 Å². The summed E-state index contributed by atoms with van der Waals surface area (Å²) in [6.07, 6.45) is 10.3. The van der Waals surface area contributed by atoms with Crippen molar-refractivity contribution in [3.05, 3.63) is 77.4 Å². The predicted molar refractivity (Wildman–Crippen MR) is 149 cm³/mol. The highest BCUT2D eigenvalue weighted by Crippen LogP contribution is 2.23. The minimum Gasteiger partial charge on any atom is -0.354 e. The molecule has 0 unspecified atom stereocenters. The third kappa shape index (κ3) is 8.27. The van der Waals surface area contributed by atoms with Crippen LogP contribution in [0.25, 0.3) is 0 Å². The van der Waals surface area contributed by atoms with Crippen molar-refractivity contribution in [2.75, 3.05) is 6.54 Å². The number of carbonyl (C=O) groups is 2. The minimum atomic E-state index is -3.50. The highest BCUT2D eigenvalue weighted by atomic mass is 32.2. The average molecular weight is 538 g/mol. The van der Waals surface area contributed by atoms with Crippen LogP contribution in [0.4, 0.5) is 0 Å². The Bertz CT molecular complexity index is 1220. The molecule has 204 valence electrons. The van der Waals surface area contributed by atoms with Crippen molar-refractivity contribution in [1.82, 2.24) is 14.9 Å². The van der Waals surface area contributed by atoms with Crippen LogP contribution in [0.5, 0.6) is 0 Å². The molecule has 8 heteroatoms. The molecule has 0 aromatic heterocycles. The van der Waals surface area contributed by atoms with Crippen LogP contribution < -0.4 is 10.0 Å². The molecule has 38 heavy (non-hydrogen) atoms. The van der Waals surface area contributed by atoms with Crippen molar-refractivity contribution < 1.29 is 18.0 Å². The monoisotopic (exact) mass is 537 g/mol. The van der Waals surface area contributed by atoms with Crippen LogP contribution in [0.15, 0.2) is 71.1 Å². The lowest BCUT2D eigenvalue weighted by Gasteiger charge is -2.29. The summed E-state index contributed by atoms with van der Waals surface area (Å²) < 4.78 is 27.5. The largest absolute Gasteiger partial charge is 0.354 e. The topological polar surface area (TPSA) is 95.6 Å². The molecule has 2 aliphatic carbocycles. The lowest BCUT2D eigenvalue weighted by molar-refractivity contribution is -0.140. The van der Waals surface area contributed by atoms with Crippen LogP contribution in [-0.2, 0) is 32.6 Å². The smallest absolute Gasteiger partial charge is 0.242 e. The molecule has 2 aromatic carbocycles. The molecular formula is C30H39N3O4S. The van der Waals surface area contributed by atoms with Crippen LogP contribution in [0, 0.1) is 0 Å². The van der Waals surface area contributed by atoms with Crippen molar-refractivity contribution in [1.29, 1.82) is 0 Å². The number of nitrogens with one attached hydrogen (secondary N) is 2. The van der Waals surface area contributed by atoms with Gasteiger partial charge in [0.15, 0.2) is 0 Å². The number of amides is 2. The first-order valence-corrected chi connectivity index (χ1v) is 15.2. The molecule has 4 rings (SSSR count). The molecule has 0 radical (unpaired) electrons. The van der Waals surface area contributed by atoms with E-state index in [2.05, 4.69) is 16.1 Å². The number of rotatable bonds is 13. The van der Waals surface area contributed by atoms with Gasteiger partial charge in [0.05, 0.1) is 4.90 Å². The van der Waals surface area contributed by atoms with Crippen molar-refractivity contribution in [2.24, 2.45) is 0 Å². The fraction of sp³-hybridized carbons (Fsp3) is 0.467. The Morgan fingerprint density at radius 1 is 0.974 bits per heavy atom. The minimum absolute atomic E-state index is 0.0523. The summed E-state index contributed by atoms with van der Waals surface area (Å²) in [5.41, 5.74) is 3.25. The van der Waals surface area contributed by atoms with Crippen LogP contribution in [0.2, 0.25) is 0 Å². The van der Waals surface area contributed by atoms with Crippen molar-refractivity contribution >= 4 is 21.8 Å². The number of benzene rings is 2. The number of aryl methyl sites for hydroxylation is 1. The van der Waals surface area contributed by atoms with E-state index in [-0.39, 0.29) is 29.2 Å². The van der Waals surface area contributed by atoms with Gasteiger partial charge in [-0.05, 0) is 81.5 Å². The molecule has 1 fully saturated rings. The van der Waals surface area contributed by atoms with E-state index in [1.165, 1.54) is 18.4 Å². The van der Waals surface area contributed by atoms with Crippen molar-refractivity contribution in [3.8, 4) is 0 Å².